The molecule has 294 valence electrons. The van der Waals surface area contributed by atoms with Gasteiger partial charge in [-0.3, -0.25) is 4.57 Å². The number of para-hydroxylation sites is 3. The van der Waals surface area contributed by atoms with Crippen LogP contribution in [0.15, 0.2) is 206 Å². The number of hydrogen-bond acceptors (Lipinski definition) is 5. The minimum atomic E-state index is 0.550. The Labute approximate surface area is 365 Å². The van der Waals surface area contributed by atoms with Gasteiger partial charge in [0.25, 0.3) is 0 Å². The van der Waals surface area contributed by atoms with Gasteiger partial charge in [0, 0.05) is 43.9 Å². The van der Waals surface area contributed by atoms with Crippen LogP contribution in [0.3, 0.4) is 0 Å². The van der Waals surface area contributed by atoms with Crippen LogP contribution in [0.2, 0.25) is 0 Å². The molecule has 63 heavy (non-hydrogen) atoms. The van der Waals surface area contributed by atoms with Gasteiger partial charge in [0.1, 0.15) is 5.01 Å². The lowest BCUT2D eigenvalue weighted by molar-refractivity contribution is 0.954. The lowest BCUT2D eigenvalue weighted by Gasteiger charge is -2.15. The summed E-state index contributed by atoms with van der Waals surface area (Å²) in [6, 6.07) is 72.7. The Morgan fingerprint density at radius 2 is 0.905 bits per heavy atom. The Morgan fingerprint density at radius 1 is 0.349 bits per heavy atom. The topological polar surface area (TPSA) is 61.4 Å². The maximum Gasteiger partial charge on any atom is 0.238 e. The maximum atomic E-state index is 5.49. The molecule has 0 bridgehead atoms. The molecule has 0 atom stereocenters. The Hall–Kier alpha value is -8.26. The van der Waals surface area contributed by atoms with Gasteiger partial charge in [-0.25, -0.2) is 9.97 Å². The highest BCUT2D eigenvalue weighted by molar-refractivity contribution is 7.21. The first kappa shape index (κ1) is 35.5. The molecular formula is C56H34N6S. The third kappa shape index (κ3) is 5.64. The van der Waals surface area contributed by atoms with Gasteiger partial charge in [0.05, 0.1) is 32.3 Å². The monoisotopic (exact) mass is 822 g/mol. The van der Waals surface area contributed by atoms with Crippen LogP contribution in [-0.2, 0) is 0 Å². The summed E-state index contributed by atoms with van der Waals surface area (Å²) in [6.45, 7) is 0. The van der Waals surface area contributed by atoms with Crippen LogP contribution < -0.4 is 0 Å². The van der Waals surface area contributed by atoms with Crippen LogP contribution in [0.1, 0.15) is 0 Å². The van der Waals surface area contributed by atoms with Gasteiger partial charge < -0.3 is 4.57 Å². The van der Waals surface area contributed by atoms with Crippen molar-refractivity contribution in [2.45, 2.75) is 0 Å². The number of rotatable bonds is 6. The highest BCUT2D eigenvalue weighted by Crippen LogP contribution is 2.43. The number of hydrogen-bond donors (Lipinski definition) is 0. The summed E-state index contributed by atoms with van der Waals surface area (Å²) >= 11 is 1.72. The summed E-state index contributed by atoms with van der Waals surface area (Å²) in [6.07, 6.45) is 0. The van der Waals surface area contributed by atoms with Gasteiger partial charge in [-0.05, 0) is 64.4 Å². The van der Waals surface area contributed by atoms with E-state index in [1.54, 1.807) is 11.3 Å². The molecule has 0 unspecified atom stereocenters. The fourth-order valence-electron chi connectivity index (χ4n) is 9.42. The largest absolute Gasteiger partial charge is 0.307 e. The van der Waals surface area contributed by atoms with Crippen molar-refractivity contribution in [3.63, 3.8) is 0 Å². The average Bonchev–Trinajstić information content (AvgIpc) is 4.05. The van der Waals surface area contributed by atoms with E-state index in [-0.39, 0.29) is 0 Å². The molecule has 9 aromatic carbocycles. The second kappa shape index (κ2) is 14.2. The number of aromatic nitrogens is 6. The van der Waals surface area contributed by atoms with E-state index in [1.165, 1.54) is 10.1 Å². The van der Waals surface area contributed by atoms with Gasteiger partial charge in [-0.15, -0.1) is 11.3 Å². The molecule has 0 aliphatic rings. The van der Waals surface area contributed by atoms with Gasteiger partial charge in [-0.2, -0.15) is 9.97 Å². The summed E-state index contributed by atoms with van der Waals surface area (Å²) in [4.78, 5) is 21.2. The summed E-state index contributed by atoms with van der Waals surface area (Å²) in [5.74, 6) is 1.76. The maximum absolute atomic E-state index is 5.49. The molecule has 13 rings (SSSR count). The van der Waals surface area contributed by atoms with Crippen molar-refractivity contribution in [1.82, 2.24) is 29.1 Å². The molecule has 0 spiro atoms. The van der Waals surface area contributed by atoms with E-state index in [0.29, 0.717) is 17.6 Å². The second-order valence-electron chi connectivity index (χ2n) is 15.8. The van der Waals surface area contributed by atoms with Crippen LogP contribution in [0.5, 0.6) is 0 Å². The standard InChI is InChI=1S/C56H34N6S/c1-3-16-35(17-4-1)39-30-33-46(41-23-8-7-22-40(39)41)54-58-53(36-18-5-2-6-19-36)59-56(60-54)62-49-28-13-10-25-43(49)45-32-31-44-42-24-9-12-27-48(42)61(51(44)52(45)62)38-21-15-20-37(34-38)55-57-47-26-11-14-29-50(47)63-55/h1-34H. The van der Waals surface area contributed by atoms with Crippen molar-refractivity contribution in [2.24, 2.45) is 0 Å². The molecule has 6 nitrogen and oxygen atoms in total. The highest BCUT2D eigenvalue weighted by Gasteiger charge is 2.24. The molecule has 0 saturated heterocycles. The van der Waals surface area contributed by atoms with Crippen molar-refractivity contribution in [1.29, 1.82) is 0 Å². The van der Waals surface area contributed by atoms with Crippen molar-refractivity contribution in [2.75, 3.05) is 0 Å². The Kier molecular flexibility index (Phi) is 7.98. The van der Waals surface area contributed by atoms with Crippen LogP contribution in [0.4, 0.5) is 0 Å². The average molecular weight is 823 g/mol. The summed E-state index contributed by atoms with van der Waals surface area (Å²) < 4.78 is 5.85. The van der Waals surface area contributed by atoms with Gasteiger partial charge >= 0.3 is 0 Å². The molecule has 4 heterocycles. The van der Waals surface area contributed by atoms with E-state index >= 15 is 0 Å². The van der Waals surface area contributed by atoms with E-state index < -0.39 is 0 Å². The van der Waals surface area contributed by atoms with E-state index in [2.05, 4.69) is 191 Å². The first-order chi connectivity index (χ1) is 31.2. The molecule has 0 saturated carbocycles. The molecule has 4 aromatic heterocycles. The molecule has 0 amide bonds. The zero-order valence-electron chi connectivity index (χ0n) is 33.7. The van der Waals surface area contributed by atoms with E-state index in [9.17, 15) is 0 Å². The third-order valence-corrected chi connectivity index (χ3v) is 13.3. The quantitative estimate of drug-likeness (QED) is 0.168. The normalized spacial score (nSPS) is 11.8. The molecular weight excluding hydrogens is 789 g/mol. The Balaban J connectivity index is 1.12. The fraction of sp³-hybridized carbons (Fsp3) is 0. The lowest BCUT2D eigenvalue weighted by atomic mass is 9.95. The van der Waals surface area contributed by atoms with Crippen LogP contribution in [0, 0.1) is 0 Å². The number of nitrogens with zero attached hydrogens (tertiary/aromatic N) is 6. The predicted molar refractivity (Wildman–Crippen MR) is 261 cm³/mol. The predicted octanol–water partition coefficient (Wildman–Crippen LogP) is 14.5. The SMILES string of the molecule is c1ccc(-c2nc(-c3ccc(-c4ccccc4)c4ccccc34)nc(-n3c4ccccc4c4ccc5c6ccccc6n(-c6cccc(-c7nc8ccccc8s7)c6)c5c43)n2)cc1. The van der Waals surface area contributed by atoms with Crippen molar-refractivity contribution in [3.05, 3.63) is 206 Å². The van der Waals surface area contributed by atoms with Crippen LogP contribution in [-0.4, -0.2) is 29.1 Å². The van der Waals surface area contributed by atoms with Gasteiger partial charge in [0.2, 0.25) is 5.95 Å². The van der Waals surface area contributed by atoms with Crippen molar-refractivity contribution in [3.8, 4) is 56.1 Å². The molecule has 7 heteroatoms. The highest BCUT2D eigenvalue weighted by atomic mass is 32.1. The van der Waals surface area contributed by atoms with E-state index in [1.807, 2.05) is 24.3 Å². The van der Waals surface area contributed by atoms with Crippen molar-refractivity contribution >= 4 is 75.9 Å². The smallest absolute Gasteiger partial charge is 0.238 e. The third-order valence-electron chi connectivity index (χ3n) is 12.2. The first-order valence-corrected chi connectivity index (χ1v) is 21.9. The van der Waals surface area contributed by atoms with E-state index in [0.717, 1.165) is 93.0 Å². The lowest BCUT2D eigenvalue weighted by Crippen LogP contribution is -2.07. The zero-order chi connectivity index (χ0) is 41.4. The molecule has 0 N–H and O–H groups in total. The summed E-state index contributed by atoms with van der Waals surface area (Å²) in [5.41, 5.74) is 11.6. The van der Waals surface area contributed by atoms with E-state index in [4.69, 9.17) is 19.9 Å². The first-order valence-electron chi connectivity index (χ1n) is 21.1. The summed E-state index contributed by atoms with van der Waals surface area (Å²) in [7, 11) is 0. The minimum Gasteiger partial charge on any atom is -0.307 e. The van der Waals surface area contributed by atoms with Crippen molar-refractivity contribution < 1.29 is 0 Å². The van der Waals surface area contributed by atoms with Gasteiger partial charge in [0.15, 0.2) is 11.6 Å². The molecule has 13 aromatic rings. The number of fused-ring (bicyclic) bond motifs is 9. The number of benzene rings is 9. The Bertz CT molecular complexity index is 3890. The second-order valence-corrected chi connectivity index (χ2v) is 16.9. The molecule has 0 aliphatic carbocycles. The molecule has 0 radical (unpaired) electrons. The zero-order valence-corrected chi connectivity index (χ0v) is 34.5. The van der Waals surface area contributed by atoms with Crippen LogP contribution in [0.25, 0.3) is 121 Å². The molecule has 0 aliphatic heterocycles. The number of thiazole rings is 1. The molecule has 0 fully saturated rings. The minimum absolute atomic E-state index is 0.550. The Morgan fingerprint density at radius 3 is 1.63 bits per heavy atom. The van der Waals surface area contributed by atoms with Crippen LogP contribution >= 0.6 is 11.3 Å². The summed E-state index contributed by atoms with van der Waals surface area (Å²) in [5, 5.41) is 7.76. The fourth-order valence-corrected chi connectivity index (χ4v) is 10.4. The van der Waals surface area contributed by atoms with Gasteiger partial charge in [-0.1, -0.05) is 164 Å².